The maximum absolute atomic E-state index is 13.8. The smallest absolute Gasteiger partial charge is 0.126 e. The zero-order valence-corrected chi connectivity index (χ0v) is 12.9. The van der Waals surface area contributed by atoms with Crippen LogP contribution in [0.4, 0.5) is 4.39 Å². The molecule has 0 saturated heterocycles. The van der Waals surface area contributed by atoms with E-state index in [9.17, 15) is 4.39 Å². The average Bonchev–Trinajstić information content (AvgIpc) is 2.50. The van der Waals surface area contributed by atoms with Crippen molar-refractivity contribution in [3.05, 3.63) is 71.0 Å². The highest BCUT2D eigenvalue weighted by molar-refractivity contribution is 5.24. The fraction of sp³-hybridized carbons (Fsp3) is 0.368. The molecule has 0 aromatic heterocycles. The summed E-state index contributed by atoms with van der Waals surface area (Å²) in [6.45, 7) is 5.15. The van der Waals surface area contributed by atoms with Crippen LogP contribution in [0.3, 0.4) is 0 Å². The minimum Gasteiger partial charge on any atom is -0.314 e. The first-order valence-corrected chi connectivity index (χ1v) is 7.77. The van der Waals surface area contributed by atoms with Gasteiger partial charge in [-0.2, -0.15) is 0 Å². The van der Waals surface area contributed by atoms with Crippen molar-refractivity contribution in [2.24, 2.45) is 0 Å². The lowest BCUT2D eigenvalue weighted by molar-refractivity contribution is 0.506. The van der Waals surface area contributed by atoms with Crippen molar-refractivity contribution in [3.8, 4) is 0 Å². The van der Waals surface area contributed by atoms with Crippen molar-refractivity contribution in [1.29, 1.82) is 0 Å². The van der Waals surface area contributed by atoms with Crippen molar-refractivity contribution < 1.29 is 4.39 Å². The van der Waals surface area contributed by atoms with E-state index in [-0.39, 0.29) is 11.9 Å². The Morgan fingerprint density at radius 2 is 1.57 bits per heavy atom. The molecule has 0 heterocycles. The van der Waals surface area contributed by atoms with E-state index in [0.717, 1.165) is 31.4 Å². The number of aryl methyl sites for hydroxylation is 1. The Bertz CT molecular complexity index is 548. The molecule has 21 heavy (non-hydrogen) atoms. The van der Waals surface area contributed by atoms with Gasteiger partial charge in [0.2, 0.25) is 0 Å². The summed E-state index contributed by atoms with van der Waals surface area (Å²) in [7, 11) is 0. The molecule has 1 nitrogen and oxygen atoms in total. The fourth-order valence-corrected chi connectivity index (χ4v) is 2.63. The number of likely N-dealkylation sites (N-methyl/N-ethyl adjacent to an activating group) is 1. The summed E-state index contributed by atoms with van der Waals surface area (Å²) in [5, 5.41) is 3.47. The van der Waals surface area contributed by atoms with Crippen LogP contribution in [0.25, 0.3) is 0 Å². The van der Waals surface area contributed by atoms with Gasteiger partial charge in [0.25, 0.3) is 0 Å². The molecule has 2 rings (SSSR count). The topological polar surface area (TPSA) is 12.0 Å². The van der Waals surface area contributed by atoms with Crippen LogP contribution in [-0.4, -0.2) is 12.6 Å². The van der Waals surface area contributed by atoms with Crippen LogP contribution < -0.4 is 5.32 Å². The number of nitrogens with one attached hydrogen (secondary N) is 1. The van der Waals surface area contributed by atoms with E-state index in [0.29, 0.717) is 0 Å². The molecule has 2 heteroatoms. The van der Waals surface area contributed by atoms with Gasteiger partial charge in [-0.25, -0.2) is 4.39 Å². The molecular formula is C19H24FN. The van der Waals surface area contributed by atoms with Crippen molar-refractivity contribution in [1.82, 2.24) is 5.32 Å². The Hall–Kier alpha value is -1.67. The highest BCUT2D eigenvalue weighted by Gasteiger charge is 2.12. The molecule has 0 aliphatic carbocycles. The van der Waals surface area contributed by atoms with E-state index in [2.05, 4.69) is 43.4 Å². The molecule has 0 spiro atoms. The molecule has 0 aliphatic heterocycles. The highest BCUT2D eigenvalue weighted by atomic mass is 19.1. The monoisotopic (exact) mass is 285 g/mol. The Labute approximate surface area is 127 Å². The molecule has 1 atom stereocenters. The predicted octanol–water partition coefficient (Wildman–Crippen LogP) is 4.15. The van der Waals surface area contributed by atoms with Crippen molar-refractivity contribution in [3.63, 3.8) is 0 Å². The lowest BCUT2D eigenvalue weighted by atomic mass is 9.97. The predicted molar refractivity (Wildman–Crippen MR) is 87.1 cm³/mol. The summed E-state index contributed by atoms with van der Waals surface area (Å²) in [5.41, 5.74) is 3.44. The fourth-order valence-electron chi connectivity index (χ4n) is 2.63. The molecule has 1 N–H and O–H groups in total. The molecule has 0 bridgehead atoms. The summed E-state index contributed by atoms with van der Waals surface area (Å²) in [6, 6.07) is 16.0. The Kier molecular flexibility index (Phi) is 5.94. The van der Waals surface area contributed by atoms with E-state index in [4.69, 9.17) is 0 Å². The van der Waals surface area contributed by atoms with E-state index in [1.807, 2.05) is 12.1 Å². The summed E-state index contributed by atoms with van der Waals surface area (Å²) in [5.74, 6) is -0.110. The molecule has 1 unspecified atom stereocenters. The molecule has 0 aliphatic rings. The average molecular weight is 285 g/mol. The Balaban J connectivity index is 2.06. The molecule has 2 aromatic carbocycles. The van der Waals surface area contributed by atoms with Crippen LogP contribution >= 0.6 is 0 Å². The van der Waals surface area contributed by atoms with E-state index in [1.165, 1.54) is 17.2 Å². The normalized spacial score (nSPS) is 12.3. The van der Waals surface area contributed by atoms with Gasteiger partial charge in [-0.15, -0.1) is 0 Å². The molecule has 112 valence electrons. The summed E-state index contributed by atoms with van der Waals surface area (Å²) in [6.07, 6.45) is 2.70. The minimum atomic E-state index is -0.110. The Morgan fingerprint density at radius 3 is 2.19 bits per heavy atom. The van der Waals surface area contributed by atoms with Gasteiger partial charge in [-0.1, -0.05) is 56.3 Å². The summed E-state index contributed by atoms with van der Waals surface area (Å²) >= 11 is 0. The number of hydrogen-bond acceptors (Lipinski definition) is 1. The standard InChI is InChI=1S/C19H24FN/c1-3-15-9-11-16(12-10-15)13-18(21-4-2)14-17-7-5-6-8-19(17)20/h5-12,18,21H,3-4,13-14H2,1-2H3. The summed E-state index contributed by atoms with van der Waals surface area (Å²) < 4.78 is 13.8. The second kappa shape index (κ2) is 7.94. The van der Waals surface area contributed by atoms with Gasteiger partial charge in [0.05, 0.1) is 0 Å². The van der Waals surface area contributed by atoms with E-state index in [1.54, 1.807) is 6.07 Å². The highest BCUT2D eigenvalue weighted by Crippen LogP contribution is 2.13. The van der Waals surface area contributed by atoms with Crippen molar-refractivity contribution >= 4 is 0 Å². The molecule has 0 radical (unpaired) electrons. The maximum atomic E-state index is 13.8. The van der Waals surface area contributed by atoms with Crippen LogP contribution in [0.1, 0.15) is 30.5 Å². The third-order valence-electron chi connectivity index (χ3n) is 3.83. The van der Waals surface area contributed by atoms with Gasteiger partial charge in [0, 0.05) is 6.04 Å². The van der Waals surface area contributed by atoms with Crippen LogP contribution in [0.15, 0.2) is 48.5 Å². The third-order valence-corrected chi connectivity index (χ3v) is 3.83. The lowest BCUT2D eigenvalue weighted by Gasteiger charge is -2.18. The largest absolute Gasteiger partial charge is 0.314 e. The van der Waals surface area contributed by atoms with Crippen molar-refractivity contribution in [2.75, 3.05) is 6.54 Å². The summed E-state index contributed by atoms with van der Waals surface area (Å²) in [4.78, 5) is 0. The number of hydrogen-bond donors (Lipinski definition) is 1. The third kappa shape index (κ3) is 4.68. The van der Waals surface area contributed by atoms with Crippen LogP contribution in [0.5, 0.6) is 0 Å². The second-order valence-corrected chi connectivity index (χ2v) is 5.42. The SMILES string of the molecule is CCNC(Cc1ccc(CC)cc1)Cc1ccccc1F. The van der Waals surface area contributed by atoms with Gasteiger partial charge >= 0.3 is 0 Å². The molecular weight excluding hydrogens is 261 g/mol. The van der Waals surface area contributed by atoms with E-state index < -0.39 is 0 Å². The zero-order chi connectivity index (χ0) is 15.1. The van der Waals surface area contributed by atoms with Crippen LogP contribution in [0.2, 0.25) is 0 Å². The van der Waals surface area contributed by atoms with Crippen LogP contribution in [-0.2, 0) is 19.3 Å². The second-order valence-electron chi connectivity index (χ2n) is 5.42. The number of halogens is 1. The maximum Gasteiger partial charge on any atom is 0.126 e. The first-order chi connectivity index (χ1) is 10.2. The number of rotatable bonds is 7. The van der Waals surface area contributed by atoms with Gasteiger partial charge in [-0.3, -0.25) is 0 Å². The van der Waals surface area contributed by atoms with E-state index >= 15 is 0 Å². The van der Waals surface area contributed by atoms with Crippen molar-refractivity contribution in [2.45, 2.75) is 39.2 Å². The van der Waals surface area contributed by atoms with Crippen LogP contribution in [0, 0.1) is 5.82 Å². The number of benzene rings is 2. The van der Waals surface area contributed by atoms with Gasteiger partial charge < -0.3 is 5.32 Å². The first kappa shape index (κ1) is 15.7. The molecule has 2 aromatic rings. The van der Waals surface area contributed by atoms with Gasteiger partial charge in [0.1, 0.15) is 5.82 Å². The van der Waals surface area contributed by atoms with Gasteiger partial charge in [-0.05, 0) is 48.6 Å². The zero-order valence-electron chi connectivity index (χ0n) is 12.9. The molecule has 0 amide bonds. The molecule has 0 saturated carbocycles. The quantitative estimate of drug-likeness (QED) is 0.806. The Morgan fingerprint density at radius 1 is 0.905 bits per heavy atom. The molecule has 0 fully saturated rings. The lowest BCUT2D eigenvalue weighted by Crippen LogP contribution is -2.33. The minimum absolute atomic E-state index is 0.110. The van der Waals surface area contributed by atoms with Gasteiger partial charge in [0.15, 0.2) is 0 Å². The first-order valence-electron chi connectivity index (χ1n) is 7.77.